The average Bonchev–Trinajstić information content (AvgIpc) is 2.87. The van der Waals surface area contributed by atoms with Crippen LogP contribution in [0, 0.1) is 5.92 Å². The molecule has 1 heterocycles. The number of H-pyrrole nitrogens is 1. The topological polar surface area (TPSA) is 83.8 Å². The fraction of sp³-hybridized carbons (Fsp3) is 0.429. The van der Waals surface area contributed by atoms with Crippen molar-refractivity contribution in [3.8, 4) is 0 Å². The van der Waals surface area contributed by atoms with Gasteiger partial charge in [0.1, 0.15) is 0 Å². The largest absolute Gasteiger partial charge is 0.328 e. The van der Waals surface area contributed by atoms with E-state index in [0.717, 1.165) is 42.3 Å². The highest BCUT2D eigenvalue weighted by molar-refractivity contribution is 5.94. The van der Waals surface area contributed by atoms with Crippen LogP contribution in [0.25, 0.3) is 10.9 Å². The molecule has 2 aromatic rings. The van der Waals surface area contributed by atoms with Crippen LogP contribution >= 0.6 is 0 Å². The highest BCUT2D eigenvalue weighted by Gasteiger charge is 2.24. The Bertz CT molecular complexity index is 584. The van der Waals surface area contributed by atoms with Gasteiger partial charge in [0.05, 0.1) is 11.7 Å². The lowest BCUT2D eigenvalue weighted by Gasteiger charge is -2.25. The molecular weight excluding hydrogens is 240 g/mol. The van der Waals surface area contributed by atoms with Crippen LogP contribution in [0.4, 0.5) is 5.69 Å². The summed E-state index contributed by atoms with van der Waals surface area (Å²) in [6.07, 6.45) is 5.43. The Morgan fingerprint density at radius 2 is 2.11 bits per heavy atom. The SMILES string of the molecule is NC1CCC(C(=O)Nc2ccc3cn[nH]c3c2)CC1. The Morgan fingerprint density at radius 1 is 1.32 bits per heavy atom. The fourth-order valence-electron chi connectivity index (χ4n) is 2.64. The van der Waals surface area contributed by atoms with Gasteiger partial charge in [0, 0.05) is 23.0 Å². The van der Waals surface area contributed by atoms with Crippen molar-refractivity contribution in [1.29, 1.82) is 0 Å². The van der Waals surface area contributed by atoms with Crippen molar-refractivity contribution in [3.05, 3.63) is 24.4 Å². The second kappa shape index (κ2) is 5.01. The molecule has 1 aliphatic rings. The number of carbonyl (C=O) groups is 1. The molecule has 0 saturated heterocycles. The highest BCUT2D eigenvalue weighted by Crippen LogP contribution is 2.25. The molecule has 1 saturated carbocycles. The predicted octanol–water partition coefficient (Wildman–Crippen LogP) is 2.02. The molecule has 1 aromatic carbocycles. The maximum absolute atomic E-state index is 12.2. The number of fused-ring (bicyclic) bond motifs is 1. The van der Waals surface area contributed by atoms with E-state index < -0.39 is 0 Å². The summed E-state index contributed by atoms with van der Waals surface area (Å²) >= 11 is 0. The molecule has 1 amide bonds. The lowest BCUT2D eigenvalue weighted by molar-refractivity contribution is -0.120. The summed E-state index contributed by atoms with van der Waals surface area (Å²) in [5.74, 6) is 0.197. The molecule has 1 aromatic heterocycles. The van der Waals surface area contributed by atoms with Crippen molar-refractivity contribution in [3.63, 3.8) is 0 Å². The van der Waals surface area contributed by atoms with E-state index in [1.54, 1.807) is 6.20 Å². The van der Waals surface area contributed by atoms with Crippen LogP contribution in [0.5, 0.6) is 0 Å². The Labute approximate surface area is 111 Å². The highest BCUT2D eigenvalue weighted by atomic mass is 16.1. The maximum Gasteiger partial charge on any atom is 0.227 e. The molecule has 0 unspecified atom stereocenters. The summed E-state index contributed by atoms with van der Waals surface area (Å²) in [6.45, 7) is 0. The molecule has 0 bridgehead atoms. The van der Waals surface area contributed by atoms with Gasteiger partial charge in [-0.3, -0.25) is 9.89 Å². The number of aromatic amines is 1. The number of amides is 1. The van der Waals surface area contributed by atoms with Crippen LogP contribution in [0.1, 0.15) is 25.7 Å². The molecule has 1 aliphatic carbocycles. The van der Waals surface area contributed by atoms with E-state index in [-0.39, 0.29) is 17.9 Å². The summed E-state index contributed by atoms with van der Waals surface area (Å²) in [5.41, 5.74) is 7.61. The van der Waals surface area contributed by atoms with Gasteiger partial charge in [-0.1, -0.05) is 0 Å². The van der Waals surface area contributed by atoms with Gasteiger partial charge in [0.25, 0.3) is 0 Å². The minimum atomic E-state index is 0.0947. The van der Waals surface area contributed by atoms with E-state index in [4.69, 9.17) is 5.73 Å². The summed E-state index contributed by atoms with van der Waals surface area (Å²) in [4.78, 5) is 12.2. The Balaban J connectivity index is 1.68. The van der Waals surface area contributed by atoms with E-state index in [9.17, 15) is 4.79 Å². The number of rotatable bonds is 2. The molecule has 5 heteroatoms. The molecular formula is C14H18N4O. The van der Waals surface area contributed by atoms with Gasteiger partial charge in [-0.05, 0) is 43.9 Å². The van der Waals surface area contributed by atoms with Gasteiger partial charge in [0.15, 0.2) is 0 Å². The first-order valence-corrected chi connectivity index (χ1v) is 6.72. The van der Waals surface area contributed by atoms with Gasteiger partial charge in [-0.15, -0.1) is 0 Å². The van der Waals surface area contributed by atoms with Gasteiger partial charge < -0.3 is 11.1 Å². The zero-order chi connectivity index (χ0) is 13.2. The summed E-state index contributed by atoms with van der Waals surface area (Å²) in [5, 5.41) is 10.9. The quantitative estimate of drug-likeness (QED) is 0.770. The maximum atomic E-state index is 12.2. The monoisotopic (exact) mass is 258 g/mol. The number of nitrogens with zero attached hydrogens (tertiary/aromatic N) is 1. The molecule has 0 atom stereocenters. The van der Waals surface area contributed by atoms with Crippen molar-refractivity contribution in [2.45, 2.75) is 31.7 Å². The van der Waals surface area contributed by atoms with Gasteiger partial charge in [-0.25, -0.2) is 0 Å². The number of hydrogen-bond donors (Lipinski definition) is 3. The number of benzene rings is 1. The first-order valence-electron chi connectivity index (χ1n) is 6.72. The molecule has 0 radical (unpaired) electrons. The van der Waals surface area contributed by atoms with E-state index in [1.807, 2.05) is 18.2 Å². The number of nitrogens with one attached hydrogen (secondary N) is 2. The molecule has 100 valence electrons. The van der Waals surface area contributed by atoms with Crippen molar-refractivity contribution >= 4 is 22.5 Å². The van der Waals surface area contributed by atoms with Crippen LogP contribution in [0.15, 0.2) is 24.4 Å². The Kier molecular flexibility index (Phi) is 3.21. The summed E-state index contributed by atoms with van der Waals surface area (Å²) < 4.78 is 0. The third kappa shape index (κ3) is 2.61. The van der Waals surface area contributed by atoms with Gasteiger partial charge >= 0.3 is 0 Å². The van der Waals surface area contributed by atoms with Gasteiger partial charge in [0.2, 0.25) is 5.91 Å². The third-order valence-corrected chi connectivity index (χ3v) is 3.85. The second-order valence-electron chi connectivity index (χ2n) is 5.27. The normalized spacial score (nSPS) is 23.4. The van der Waals surface area contributed by atoms with Crippen molar-refractivity contribution in [1.82, 2.24) is 10.2 Å². The minimum absolute atomic E-state index is 0.0947. The Morgan fingerprint density at radius 3 is 2.89 bits per heavy atom. The average molecular weight is 258 g/mol. The lowest BCUT2D eigenvalue weighted by atomic mass is 9.86. The molecule has 0 aliphatic heterocycles. The van der Waals surface area contributed by atoms with E-state index in [2.05, 4.69) is 15.5 Å². The molecule has 0 spiro atoms. The van der Waals surface area contributed by atoms with Crippen LogP contribution in [-0.2, 0) is 4.79 Å². The first kappa shape index (κ1) is 12.2. The van der Waals surface area contributed by atoms with Crippen molar-refractivity contribution in [2.24, 2.45) is 11.7 Å². The number of anilines is 1. The predicted molar refractivity (Wildman–Crippen MR) is 74.7 cm³/mol. The zero-order valence-corrected chi connectivity index (χ0v) is 10.7. The second-order valence-corrected chi connectivity index (χ2v) is 5.27. The third-order valence-electron chi connectivity index (χ3n) is 3.85. The lowest BCUT2D eigenvalue weighted by Crippen LogP contribution is -2.32. The molecule has 1 fully saturated rings. The zero-order valence-electron chi connectivity index (χ0n) is 10.7. The summed E-state index contributed by atoms with van der Waals surface area (Å²) in [7, 11) is 0. The molecule has 19 heavy (non-hydrogen) atoms. The molecule has 3 rings (SSSR count). The van der Waals surface area contributed by atoms with Crippen molar-refractivity contribution < 1.29 is 4.79 Å². The smallest absolute Gasteiger partial charge is 0.227 e. The molecule has 4 N–H and O–H groups in total. The van der Waals surface area contributed by atoms with Crippen LogP contribution < -0.4 is 11.1 Å². The molecule has 5 nitrogen and oxygen atoms in total. The van der Waals surface area contributed by atoms with E-state index in [1.165, 1.54) is 0 Å². The first-order chi connectivity index (χ1) is 9.22. The minimum Gasteiger partial charge on any atom is -0.328 e. The number of nitrogens with two attached hydrogens (primary N) is 1. The summed E-state index contributed by atoms with van der Waals surface area (Å²) in [6, 6.07) is 6.04. The number of aromatic nitrogens is 2. The van der Waals surface area contributed by atoms with Crippen LogP contribution in [0.2, 0.25) is 0 Å². The van der Waals surface area contributed by atoms with Crippen molar-refractivity contribution in [2.75, 3.05) is 5.32 Å². The van der Waals surface area contributed by atoms with Crippen LogP contribution in [-0.4, -0.2) is 22.1 Å². The fourth-order valence-corrected chi connectivity index (χ4v) is 2.64. The van der Waals surface area contributed by atoms with E-state index in [0.29, 0.717) is 0 Å². The number of hydrogen-bond acceptors (Lipinski definition) is 3. The standard InChI is InChI=1S/C14H18N4O/c15-11-4-1-9(2-5-11)14(19)17-12-6-3-10-8-16-18-13(10)7-12/h3,6-9,11H,1-2,4-5,15H2,(H,16,18)(H,17,19). The number of carbonyl (C=O) groups excluding carboxylic acids is 1. The van der Waals surface area contributed by atoms with E-state index >= 15 is 0 Å². The Hall–Kier alpha value is -1.88. The van der Waals surface area contributed by atoms with Crippen LogP contribution in [0.3, 0.4) is 0 Å². The van der Waals surface area contributed by atoms with Gasteiger partial charge in [-0.2, -0.15) is 5.10 Å².